The van der Waals surface area contributed by atoms with Gasteiger partial charge >= 0.3 is 0 Å². The van der Waals surface area contributed by atoms with E-state index in [9.17, 15) is 0 Å². The Balaban J connectivity index is 1.82. The van der Waals surface area contributed by atoms with Crippen LogP contribution in [0.2, 0.25) is 0 Å². The van der Waals surface area contributed by atoms with E-state index in [1.165, 1.54) is 64.2 Å². The van der Waals surface area contributed by atoms with Gasteiger partial charge in [-0.3, -0.25) is 0 Å². The number of rotatable bonds is 2. The van der Waals surface area contributed by atoms with Crippen LogP contribution in [0, 0.1) is 11.8 Å². The lowest BCUT2D eigenvalue weighted by Gasteiger charge is -2.34. The van der Waals surface area contributed by atoms with Crippen LogP contribution < -0.4 is 0 Å². The maximum absolute atomic E-state index is 4.92. The molecule has 0 atom stereocenters. The lowest BCUT2D eigenvalue weighted by atomic mass is 9.77. The molecule has 0 nitrogen and oxygen atoms in total. The van der Waals surface area contributed by atoms with Gasteiger partial charge in [-0.1, -0.05) is 38.5 Å². The molecule has 2 rings (SSSR count). The van der Waals surface area contributed by atoms with Crippen LogP contribution in [0.25, 0.3) is 0 Å². The topological polar surface area (TPSA) is 0 Å². The van der Waals surface area contributed by atoms with Gasteiger partial charge in [-0.05, 0) is 37.5 Å². The first-order valence-corrected chi connectivity index (χ1v) is 7.07. The van der Waals surface area contributed by atoms with Crippen LogP contribution in [-0.4, -0.2) is 5.25 Å². The molecule has 0 spiro atoms. The standard InChI is InChI=1S/C13H24S/c14-13(11-7-3-1-4-8-11)12-9-5-2-6-10-12/h11-14H,1-10H2. The van der Waals surface area contributed by atoms with Crippen LogP contribution in [0.3, 0.4) is 0 Å². The van der Waals surface area contributed by atoms with Crippen LogP contribution >= 0.6 is 12.6 Å². The predicted molar refractivity (Wildman–Crippen MR) is 65.9 cm³/mol. The van der Waals surface area contributed by atoms with E-state index < -0.39 is 0 Å². The third kappa shape index (κ3) is 2.68. The highest BCUT2D eigenvalue weighted by atomic mass is 32.1. The zero-order chi connectivity index (χ0) is 9.80. The van der Waals surface area contributed by atoms with Crippen molar-refractivity contribution in [3.63, 3.8) is 0 Å². The van der Waals surface area contributed by atoms with Crippen molar-refractivity contribution < 1.29 is 0 Å². The van der Waals surface area contributed by atoms with Crippen LogP contribution in [-0.2, 0) is 0 Å². The fraction of sp³-hybridized carbons (Fsp3) is 1.00. The summed E-state index contributed by atoms with van der Waals surface area (Å²) >= 11 is 4.92. The van der Waals surface area contributed by atoms with Gasteiger partial charge in [0.2, 0.25) is 0 Å². The molecule has 0 heterocycles. The molecule has 82 valence electrons. The molecule has 0 N–H and O–H groups in total. The second kappa shape index (κ2) is 5.44. The second-order valence-electron chi connectivity index (χ2n) is 5.29. The van der Waals surface area contributed by atoms with Gasteiger partial charge in [0, 0.05) is 5.25 Å². The predicted octanol–water partition coefficient (Wildman–Crippen LogP) is 4.45. The summed E-state index contributed by atoms with van der Waals surface area (Å²) in [6.07, 6.45) is 14.7. The van der Waals surface area contributed by atoms with Crippen molar-refractivity contribution in [2.45, 2.75) is 69.5 Å². The monoisotopic (exact) mass is 212 g/mol. The quantitative estimate of drug-likeness (QED) is 0.643. The van der Waals surface area contributed by atoms with Crippen LogP contribution in [0.5, 0.6) is 0 Å². The minimum Gasteiger partial charge on any atom is -0.175 e. The Morgan fingerprint density at radius 1 is 0.643 bits per heavy atom. The van der Waals surface area contributed by atoms with Crippen LogP contribution in [0.4, 0.5) is 0 Å². The summed E-state index contributed by atoms with van der Waals surface area (Å²) in [5.41, 5.74) is 0. The largest absolute Gasteiger partial charge is 0.175 e. The van der Waals surface area contributed by atoms with Crippen molar-refractivity contribution in [1.82, 2.24) is 0 Å². The number of thiol groups is 1. The molecule has 0 bridgehead atoms. The molecule has 2 aliphatic carbocycles. The van der Waals surface area contributed by atoms with E-state index in [1.54, 1.807) is 0 Å². The number of hydrogen-bond donors (Lipinski definition) is 1. The zero-order valence-corrected chi connectivity index (χ0v) is 10.1. The van der Waals surface area contributed by atoms with Gasteiger partial charge in [0.05, 0.1) is 0 Å². The maximum atomic E-state index is 4.92. The van der Waals surface area contributed by atoms with Crippen molar-refractivity contribution in [3.8, 4) is 0 Å². The maximum Gasteiger partial charge on any atom is 0.00733 e. The van der Waals surface area contributed by atoms with Crippen molar-refractivity contribution in [3.05, 3.63) is 0 Å². The first-order valence-electron chi connectivity index (χ1n) is 6.56. The van der Waals surface area contributed by atoms with Crippen LogP contribution in [0.15, 0.2) is 0 Å². The van der Waals surface area contributed by atoms with Gasteiger partial charge in [-0.15, -0.1) is 0 Å². The normalized spacial score (nSPS) is 27.0. The summed E-state index contributed by atoms with van der Waals surface area (Å²) < 4.78 is 0. The first-order chi connectivity index (χ1) is 6.88. The van der Waals surface area contributed by atoms with Gasteiger partial charge in [0.25, 0.3) is 0 Å². The summed E-state index contributed by atoms with van der Waals surface area (Å²) in [6, 6.07) is 0. The molecule has 14 heavy (non-hydrogen) atoms. The van der Waals surface area contributed by atoms with Crippen molar-refractivity contribution >= 4 is 12.6 Å². The van der Waals surface area contributed by atoms with E-state index in [0.29, 0.717) is 0 Å². The average molecular weight is 212 g/mol. The highest BCUT2D eigenvalue weighted by Gasteiger charge is 2.28. The highest BCUT2D eigenvalue weighted by molar-refractivity contribution is 7.81. The van der Waals surface area contributed by atoms with E-state index in [0.717, 1.165) is 17.1 Å². The van der Waals surface area contributed by atoms with E-state index in [4.69, 9.17) is 12.6 Å². The Kier molecular flexibility index (Phi) is 4.22. The molecule has 0 saturated heterocycles. The summed E-state index contributed by atoms with van der Waals surface area (Å²) in [4.78, 5) is 0. The Bertz CT molecular complexity index is 137. The van der Waals surface area contributed by atoms with E-state index >= 15 is 0 Å². The molecular formula is C13H24S. The summed E-state index contributed by atoms with van der Waals surface area (Å²) in [5.74, 6) is 1.91. The molecule has 0 aromatic heterocycles. The lowest BCUT2D eigenvalue weighted by Crippen LogP contribution is -2.27. The third-order valence-electron chi connectivity index (χ3n) is 4.27. The summed E-state index contributed by atoms with van der Waals surface area (Å²) in [5, 5.41) is 0.732. The Labute approximate surface area is 94.3 Å². The Morgan fingerprint density at radius 3 is 1.36 bits per heavy atom. The minimum atomic E-state index is 0.732. The molecule has 1 heteroatoms. The van der Waals surface area contributed by atoms with E-state index in [-0.39, 0.29) is 0 Å². The smallest absolute Gasteiger partial charge is 0.00733 e. The van der Waals surface area contributed by atoms with Gasteiger partial charge in [0.1, 0.15) is 0 Å². The summed E-state index contributed by atoms with van der Waals surface area (Å²) in [6.45, 7) is 0. The SMILES string of the molecule is SC(C1CCCCC1)C1CCCCC1. The highest BCUT2D eigenvalue weighted by Crippen LogP contribution is 2.38. The molecule has 2 fully saturated rings. The molecule has 0 aromatic rings. The molecule has 2 aliphatic rings. The lowest BCUT2D eigenvalue weighted by molar-refractivity contribution is 0.256. The fourth-order valence-corrected chi connectivity index (χ4v) is 3.93. The fourth-order valence-electron chi connectivity index (χ4n) is 3.34. The molecular weight excluding hydrogens is 188 g/mol. The third-order valence-corrected chi connectivity index (χ3v) is 5.11. The Hall–Kier alpha value is 0.350. The minimum absolute atomic E-state index is 0.732. The first kappa shape index (κ1) is 10.9. The van der Waals surface area contributed by atoms with Crippen LogP contribution in [0.1, 0.15) is 64.2 Å². The molecule has 0 aliphatic heterocycles. The molecule has 0 aromatic carbocycles. The van der Waals surface area contributed by atoms with Gasteiger partial charge in [0.15, 0.2) is 0 Å². The van der Waals surface area contributed by atoms with E-state index in [1.807, 2.05) is 0 Å². The van der Waals surface area contributed by atoms with Gasteiger partial charge in [-0.2, -0.15) is 12.6 Å². The molecule has 0 amide bonds. The van der Waals surface area contributed by atoms with Crippen molar-refractivity contribution in [2.24, 2.45) is 11.8 Å². The number of hydrogen-bond acceptors (Lipinski definition) is 1. The van der Waals surface area contributed by atoms with Gasteiger partial charge in [-0.25, -0.2) is 0 Å². The van der Waals surface area contributed by atoms with Gasteiger partial charge < -0.3 is 0 Å². The molecule has 0 unspecified atom stereocenters. The average Bonchev–Trinajstić information content (AvgIpc) is 2.30. The molecule has 0 radical (unpaired) electrons. The molecule has 2 saturated carbocycles. The zero-order valence-electron chi connectivity index (χ0n) is 9.25. The van der Waals surface area contributed by atoms with Crippen molar-refractivity contribution in [1.29, 1.82) is 0 Å². The summed E-state index contributed by atoms with van der Waals surface area (Å²) in [7, 11) is 0. The van der Waals surface area contributed by atoms with Crippen molar-refractivity contribution in [2.75, 3.05) is 0 Å². The second-order valence-corrected chi connectivity index (χ2v) is 5.88. The van der Waals surface area contributed by atoms with E-state index in [2.05, 4.69) is 0 Å². The Morgan fingerprint density at radius 2 is 1.00 bits per heavy atom.